The zero-order valence-electron chi connectivity index (χ0n) is 12.2. The van der Waals surface area contributed by atoms with Crippen molar-refractivity contribution in [3.8, 4) is 5.75 Å². The number of carbonyl (C=O) groups excluding carboxylic acids is 2. The van der Waals surface area contributed by atoms with Crippen LogP contribution in [0.25, 0.3) is 0 Å². The minimum atomic E-state index is -0.857. The van der Waals surface area contributed by atoms with Gasteiger partial charge in [0.25, 0.3) is 5.91 Å². The van der Waals surface area contributed by atoms with Crippen molar-refractivity contribution in [2.75, 3.05) is 18.5 Å². The van der Waals surface area contributed by atoms with Crippen LogP contribution in [0.4, 0.5) is 14.5 Å². The number of nitrogens with one attached hydrogen (secondary N) is 1. The van der Waals surface area contributed by atoms with Crippen LogP contribution in [0.2, 0.25) is 0 Å². The molecule has 8 heteroatoms. The van der Waals surface area contributed by atoms with E-state index < -0.39 is 36.7 Å². The van der Waals surface area contributed by atoms with Gasteiger partial charge in [-0.05, 0) is 30.3 Å². The quantitative estimate of drug-likeness (QED) is 0.756. The van der Waals surface area contributed by atoms with E-state index in [4.69, 9.17) is 4.74 Å². The van der Waals surface area contributed by atoms with Gasteiger partial charge in [0.15, 0.2) is 24.8 Å². The standard InChI is InChI=1S/C16H12BrF2NO4/c17-10-5-6-13(12(19)7-10)20-15(21)8-24-16(22)9-23-14-4-2-1-3-11(14)18/h1-7H,8-9H2,(H,20,21). The molecule has 0 bridgehead atoms. The van der Waals surface area contributed by atoms with Crippen molar-refractivity contribution in [3.63, 3.8) is 0 Å². The third-order valence-corrected chi connectivity index (χ3v) is 3.24. The Balaban J connectivity index is 1.77. The summed E-state index contributed by atoms with van der Waals surface area (Å²) in [6.07, 6.45) is 0. The highest BCUT2D eigenvalue weighted by atomic mass is 79.9. The second kappa shape index (κ2) is 8.39. The Kier molecular flexibility index (Phi) is 6.25. The van der Waals surface area contributed by atoms with Crippen LogP contribution in [0.3, 0.4) is 0 Å². The molecule has 0 fully saturated rings. The number of ether oxygens (including phenoxy) is 2. The van der Waals surface area contributed by atoms with E-state index in [0.717, 1.165) is 0 Å². The topological polar surface area (TPSA) is 64.6 Å². The van der Waals surface area contributed by atoms with Crippen molar-refractivity contribution in [1.82, 2.24) is 0 Å². The molecule has 0 atom stereocenters. The Morgan fingerprint density at radius 3 is 2.50 bits per heavy atom. The third-order valence-electron chi connectivity index (χ3n) is 2.75. The number of hydrogen-bond acceptors (Lipinski definition) is 4. The lowest BCUT2D eigenvalue weighted by atomic mass is 10.3. The first-order chi connectivity index (χ1) is 11.5. The summed E-state index contributed by atoms with van der Waals surface area (Å²) in [4.78, 5) is 23.1. The number of halogens is 3. The Hall–Kier alpha value is -2.48. The number of amides is 1. The number of para-hydroxylation sites is 1. The van der Waals surface area contributed by atoms with Crippen LogP contribution < -0.4 is 10.1 Å². The molecule has 126 valence electrons. The van der Waals surface area contributed by atoms with Crippen molar-refractivity contribution in [3.05, 3.63) is 58.6 Å². The van der Waals surface area contributed by atoms with Crippen LogP contribution in [-0.4, -0.2) is 25.1 Å². The summed E-state index contributed by atoms with van der Waals surface area (Å²) in [5, 5.41) is 2.26. The van der Waals surface area contributed by atoms with Crippen LogP contribution >= 0.6 is 15.9 Å². The van der Waals surface area contributed by atoms with Gasteiger partial charge in [-0.2, -0.15) is 0 Å². The van der Waals surface area contributed by atoms with Gasteiger partial charge in [0.1, 0.15) is 5.82 Å². The zero-order valence-corrected chi connectivity index (χ0v) is 13.8. The molecule has 0 heterocycles. The SMILES string of the molecule is O=C(COC(=O)COc1ccccc1F)Nc1ccc(Br)cc1F. The summed E-state index contributed by atoms with van der Waals surface area (Å²) >= 11 is 3.09. The van der Waals surface area contributed by atoms with Crippen molar-refractivity contribution in [1.29, 1.82) is 0 Å². The Morgan fingerprint density at radius 1 is 1.04 bits per heavy atom. The molecule has 0 saturated carbocycles. The van der Waals surface area contributed by atoms with E-state index >= 15 is 0 Å². The molecule has 2 aromatic rings. The lowest BCUT2D eigenvalue weighted by Crippen LogP contribution is -2.24. The van der Waals surface area contributed by atoms with E-state index in [0.29, 0.717) is 4.47 Å². The minimum absolute atomic E-state index is 0.0399. The van der Waals surface area contributed by atoms with Crippen LogP contribution in [0.1, 0.15) is 0 Å². The number of hydrogen-bond donors (Lipinski definition) is 1. The molecule has 5 nitrogen and oxygen atoms in total. The average molecular weight is 400 g/mol. The molecule has 0 aliphatic carbocycles. The lowest BCUT2D eigenvalue weighted by molar-refractivity contribution is -0.149. The maximum atomic E-state index is 13.5. The summed E-state index contributed by atoms with van der Waals surface area (Å²) in [6, 6.07) is 9.65. The highest BCUT2D eigenvalue weighted by Crippen LogP contribution is 2.19. The molecule has 1 N–H and O–H groups in total. The van der Waals surface area contributed by atoms with E-state index in [9.17, 15) is 18.4 Å². The fraction of sp³-hybridized carbons (Fsp3) is 0.125. The fourth-order valence-electron chi connectivity index (χ4n) is 1.66. The smallest absolute Gasteiger partial charge is 0.344 e. The number of anilines is 1. The Morgan fingerprint density at radius 2 is 1.79 bits per heavy atom. The molecule has 0 spiro atoms. The molecular weight excluding hydrogens is 388 g/mol. The van der Waals surface area contributed by atoms with Gasteiger partial charge in [0.05, 0.1) is 5.69 Å². The van der Waals surface area contributed by atoms with Gasteiger partial charge in [-0.1, -0.05) is 28.1 Å². The van der Waals surface area contributed by atoms with Crippen molar-refractivity contribution in [2.24, 2.45) is 0 Å². The third kappa shape index (κ3) is 5.31. The summed E-state index contributed by atoms with van der Waals surface area (Å²) in [7, 11) is 0. The van der Waals surface area contributed by atoms with E-state index in [-0.39, 0.29) is 11.4 Å². The van der Waals surface area contributed by atoms with Gasteiger partial charge in [-0.25, -0.2) is 13.6 Å². The predicted molar refractivity (Wildman–Crippen MR) is 85.6 cm³/mol. The van der Waals surface area contributed by atoms with Crippen LogP contribution in [0.5, 0.6) is 5.75 Å². The predicted octanol–water partition coefficient (Wildman–Crippen LogP) is 3.29. The van der Waals surface area contributed by atoms with Gasteiger partial charge < -0.3 is 14.8 Å². The van der Waals surface area contributed by atoms with E-state index in [1.165, 1.54) is 30.3 Å². The summed E-state index contributed by atoms with van der Waals surface area (Å²) in [5.74, 6) is -2.92. The van der Waals surface area contributed by atoms with Crippen LogP contribution in [0.15, 0.2) is 46.9 Å². The molecule has 0 unspecified atom stereocenters. The van der Waals surface area contributed by atoms with Gasteiger partial charge in [0.2, 0.25) is 0 Å². The highest BCUT2D eigenvalue weighted by Gasteiger charge is 2.12. The Labute approximate surface area is 144 Å². The fourth-order valence-corrected chi connectivity index (χ4v) is 2.00. The van der Waals surface area contributed by atoms with Crippen molar-refractivity contribution >= 4 is 33.5 Å². The average Bonchev–Trinajstić information content (AvgIpc) is 2.55. The minimum Gasteiger partial charge on any atom is -0.479 e. The monoisotopic (exact) mass is 399 g/mol. The van der Waals surface area contributed by atoms with Crippen molar-refractivity contribution in [2.45, 2.75) is 0 Å². The van der Waals surface area contributed by atoms with Crippen LogP contribution in [0, 0.1) is 11.6 Å². The molecule has 24 heavy (non-hydrogen) atoms. The number of rotatable bonds is 6. The second-order valence-corrected chi connectivity index (χ2v) is 5.47. The molecule has 2 rings (SSSR count). The number of carbonyl (C=O) groups is 2. The van der Waals surface area contributed by atoms with E-state index in [1.807, 2.05) is 0 Å². The lowest BCUT2D eigenvalue weighted by Gasteiger charge is -2.09. The zero-order chi connectivity index (χ0) is 17.5. The number of benzene rings is 2. The Bertz CT molecular complexity index is 755. The summed E-state index contributed by atoms with van der Waals surface area (Å²) < 4.78 is 37.0. The maximum absolute atomic E-state index is 13.5. The van der Waals surface area contributed by atoms with E-state index in [2.05, 4.69) is 26.0 Å². The molecule has 1 amide bonds. The number of esters is 1. The van der Waals surface area contributed by atoms with Gasteiger partial charge >= 0.3 is 5.97 Å². The second-order valence-electron chi connectivity index (χ2n) is 4.55. The van der Waals surface area contributed by atoms with Gasteiger partial charge in [-0.3, -0.25) is 4.79 Å². The van der Waals surface area contributed by atoms with Gasteiger partial charge in [-0.15, -0.1) is 0 Å². The summed E-state index contributed by atoms with van der Waals surface area (Å²) in [5.41, 5.74) is -0.0399. The maximum Gasteiger partial charge on any atom is 0.344 e. The highest BCUT2D eigenvalue weighted by molar-refractivity contribution is 9.10. The largest absolute Gasteiger partial charge is 0.479 e. The first-order valence-corrected chi connectivity index (χ1v) is 7.53. The molecular formula is C16H12BrF2NO4. The molecule has 0 aliphatic rings. The molecule has 0 aliphatic heterocycles. The summed E-state index contributed by atoms with van der Waals surface area (Å²) in [6.45, 7) is -1.17. The van der Waals surface area contributed by atoms with Gasteiger partial charge in [0, 0.05) is 4.47 Å². The molecule has 2 aromatic carbocycles. The van der Waals surface area contributed by atoms with E-state index in [1.54, 1.807) is 12.1 Å². The molecule has 0 saturated heterocycles. The molecule has 0 radical (unpaired) electrons. The first-order valence-electron chi connectivity index (χ1n) is 6.73. The van der Waals surface area contributed by atoms with Crippen molar-refractivity contribution < 1.29 is 27.8 Å². The van der Waals surface area contributed by atoms with Crippen LogP contribution in [-0.2, 0) is 14.3 Å². The normalized spacial score (nSPS) is 10.1. The molecule has 0 aromatic heterocycles. The first kappa shape index (κ1) is 17.9.